The molecule has 0 amide bonds. The normalized spacial score (nSPS) is 17.7. The average molecular weight is 385 g/mol. The Hall–Kier alpha value is -2.40. The van der Waals surface area contributed by atoms with Crippen molar-refractivity contribution in [1.29, 1.82) is 0 Å². The number of allylic oxidation sites excluding steroid dienone is 3. The number of carboxylic acids is 1. The molecular weight excluding hydrogens is 368 g/mol. The van der Waals surface area contributed by atoms with E-state index < -0.39 is 5.97 Å². The van der Waals surface area contributed by atoms with Crippen LogP contribution in [0.3, 0.4) is 0 Å². The highest BCUT2D eigenvalue weighted by Gasteiger charge is 2.34. The van der Waals surface area contributed by atoms with Crippen molar-refractivity contribution in [3.63, 3.8) is 0 Å². The minimum absolute atomic E-state index is 0.353. The molecule has 0 radical (unpaired) electrons. The lowest BCUT2D eigenvalue weighted by Crippen LogP contribution is -2.27. The predicted molar refractivity (Wildman–Crippen MR) is 97.2 cm³/mol. The van der Waals surface area contributed by atoms with E-state index in [0.717, 1.165) is 26.9 Å². The summed E-state index contributed by atoms with van der Waals surface area (Å²) in [5, 5.41) is 13.0. The largest absolute Gasteiger partial charge is 0.478 e. The summed E-state index contributed by atoms with van der Waals surface area (Å²) in [6, 6.07) is 11.6. The van der Waals surface area contributed by atoms with Gasteiger partial charge in [-0.2, -0.15) is 0 Å². The minimum Gasteiger partial charge on any atom is -0.478 e. The van der Waals surface area contributed by atoms with Crippen molar-refractivity contribution in [3.05, 3.63) is 81.4 Å². The van der Waals surface area contributed by atoms with Crippen LogP contribution in [0.4, 0.5) is 0 Å². The van der Waals surface area contributed by atoms with Gasteiger partial charge in [0.05, 0.1) is 5.57 Å². The number of nitrogens with one attached hydrogen (secondary N) is 1. The van der Waals surface area contributed by atoms with E-state index in [1.165, 1.54) is 0 Å². The molecule has 2 heterocycles. The second-order valence-corrected chi connectivity index (χ2v) is 6.56. The first-order valence-corrected chi connectivity index (χ1v) is 8.36. The molecule has 0 saturated carbocycles. The summed E-state index contributed by atoms with van der Waals surface area (Å²) in [6.45, 7) is 3.77. The quantitative estimate of drug-likeness (QED) is 0.826. The van der Waals surface area contributed by atoms with Crippen molar-refractivity contribution >= 4 is 27.5 Å². The number of halogens is 1. The lowest BCUT2D eigenvalue weighted by Gasteiger charge is -2.31. The first kappa shape index (κ1) is 16.5. The van der Waals surface area contributed by atoms with Crippen molar-refractivity contribution in [1.82, 2.24) is 10.3 Å². The van der Waals surface area contributed by atoms with Crippen LogP contribution in [-0.4, -0.2) is 16.1 Å². The molecule has 0 bridgehead atoms. The van der Waals surface area contributed by atoms with E-state index in [1.807, 2.05) is 43.3 Å². The lowest BCUT2D eigenvalue weighted by molar-refractivity contribution is -0.132. The zero-order valence-corrected chi connectivity index (χ0v) is 15.0. The monoisotopic (exact) mass is 384 g/mol. The number of pyridine rings is 1. The van der Waals surface area contributed by atoms with Crippen LogP contribution < -0.4 is 5.32 Å². The molecule has 0 aliphatic carbocycles. The molecule has 2 N–H and O–H groups in total. The van der Waals surface area contributed by atoms with Gasteiger partial charge in [-0.3, -0.25) is 4.98 Å². The number of nitrogens with zero attached hydrogens (tertiary/aromatic N) is 1. The summed E-state index contributed by atoms with van der Waals surface area (Å²) in [5.41, 5.74) is 4.72. The summed E-state index contributed by atoms with van der Waals surface area (Å²) in [5.74, 6) is -1.29. The summed E-state index contributed by atoms with van der Waals surface area (Å²) < 4.78 is 0.887. The minimum atomic E-state index is -0.922. The third kappa shape index (κ3) is 2.87. The zero-order chi connectivity index (χ0) is 17.3. The maximum Gasteiger partial charge on any atom is 0.334 e. The molecule has 1 atom stereocenters. The van der Waals surface area contributed by atoms with Crippen molar-refractivity contribution in [3.8, 4) is 0 Å². The van der Waals surface area contributed by atoms with E-state index in [0.29, 0.717) is 11.3 Å². The second-order valence-electron chi connectivity index (χ2n) is 5.70. The predicted octanol–water partition coefficient (Wildman–Crippen LogP) is 4.32. The maximum absolute atomic E-state index is 12.0. The van der Waals surface area contributed by atoms with Gasteiger partial charge in [-0.1, -0.05) is 40.2 Å². The summed E-state index contributed by atoms with van der Waals surface area (Å²) in [6.07, 6.45) is 3.48. The van der Waals surface area contributed by atoms with E-state index in [9.17, 15) is 9.90 Å². The fourth-order valence-electron chi connectivity index (χ4n) is 3.20. The van der Waals surface area contributed by atoms with Gasteiger partial charge >= 0.3 is 5.97 Å². The molecule has 3 rings (SSSR count). The SMILES string of the molecule is CC1=C(C(=O)O)C(c2ccccc2Br)C(c2cccnc2)=C(C)N1. The van der Waals surface area contributed by atoms with Gasteiger partial charge < -0.3 is 10.4 Å². The van der Waals surface area contributed by atoms with Crippen LogP contribution in [0.5, 0.6) is 0 Å². The van der Waals surface area contributed by atoms with Gasteiger partial charge in [0.1, 0.15) is 0 Å². The molecule has 4 nitrogen and oxygen atoms in total. The topological polar surface area (TPSA) is 62.2 Å². The number of carboxylic acid groups (broad SMARTS) is 1. The number of aromatic nitrogens is 1. The lowest BCUT2D eigenvalue weighted by atomic mass is 9.78. The first-order chi connectivity index (χ1) is 11.5. The fraction of sp³-hybridized carbons (Fsp3) is 0.158. The zero-order valence-electron chi connectivity index (χ0n) is 13.4. The number of dihydropyridines is 1. The summed E-state index contributed by atoms with van der Waals surface area (Å²) in [4.78, 5) is 16.2. The highest BCUT2D eigenvalue weighted by atomic mass is 79.9. The van der Waals surface area contributed by atoms with Gasteiger partial charge in [-0.15, -0.1) is 0 Å². The van der Waals surface area contributed by atoms with Crippen LogP contribution in [0.15, 0.2) is 70.2 Å². The van der Waals surface area contributed by atoms with Crippen molar-refractivity contribution in [2.24, 2.45) is 0 Å². The molecule has 1 unspecified atom stereocenters. The molecular formula is C19H17BrN2O2. The van der Waals surface area contributed by atoms with Gasteiger partial charge in [-0.25, -0.2) is 4.79 Å². The first-order valence-electron chi connectivity index (χ1n) is 7.57. The second kappa shape index (κ2) is 6.61. The third-order valence-electron chi connectivity index (χ3n) is 4.18. The highest BCUT2D eigenvalue weighted by molar-refractivity contribution is 9.10. The van der Waals surface area contributed by atoms with Crippen LogP contribution >= 0.6 is 15.9 Å². The van der Waals surface area contributed by atoms with E-state index in [2.05, 4.69) is 26.2 Å². The summed E-state index contributed by atoms with van der Waals surface area (Å²) in [7, 11) is 0. The molecule has 24 heavy (non-hydrogen) atoms. The third-order valence-corrected chi connectivity index (χ3v) is 4.90. The Labute approximate surface area is 149 Å². The van der Waals surface area contributed by atoms with Gasteiger partial charge in [-0.05, 0) is 42.7 Å². The Morgan fingerprint density at radius 2 is 1.92 bits per heavy atom. The van der Waals surface area contributed by atoms with Crippen molar-refractivity contribution in [2.45, 2.75) is 19.8 Å². The van der Waals surface area contributed by atoms with E-state index in [4.69, 9.17) is 0 Å². The highest BCUT2D eigenvalue weighted by Crippen LogP contribution is 2.45. The molecule has 122 valence electrons. The van der Waals surface area contributed by atoms with Gasteiger partial charge in [0.2, 0.25) is 0 Å². The van der Waals surface area contributed by atoms with Crippen molar-refractivity contribution < 1.29 is 9.90 Å². The standard InChI is InChI=1S/C19H17BrN2O2/c1-11-16(13-6-5-9-21-10-13)18(14-7-3-4-8-15(14)20)17(19(23)24)12(2)22-11/h3-10,18,22H,1-2H3,(H,23,24). The smallest absolute Gasteiger partial charge is 0.334 e. The fourth-order valence-corrected chi connectivity index (χ4v) is 3.72. The van der Waals surface area contributed by atoms with Gasteiger partial charge in [0.25, 0.3) is 0 Å². The molecule has 0 spiro atoms. The Balaban J connectivity index is 2.28. The molecule has 0 fully saturated rings. The molecule has 2 aromatic rings. The number of aliphatic carboxylic acids is 1. The Morgan fingerprint density at radius 3 is 2.54 bits per heavy atom. The Kier molecular flexibility index (Phi) is 4.53. The molecule has 1 aliphatic rings. The molecule has 1 aromatic heterocycles. The maximum atomic E-state index is 12.0. The summed E-state index contributed by atoms with van der Waals surface area (Å²) >= 11 is 3.57. The van der Waals surface area contributed by atoms with Crippen molar-refractivity contribution in [2.75, 3.05) is 0 Å². The number of rotatable bonds is 3. The van der Waals surface area contributed by atoms with Gasteiger partial charge in [0, 0.05) is 34.2 Å². The number of carbonyl (C=O) groups is 1. The van der Waals surface area contributed by atoms with E-state index in [-0.39, 0.29) is 5.92 Å². The van der Waals surface area contributed by atoms with Gasteiger partial charge in [0.15, 0.2) is 0 Å². The van der Waals surface area contributed by atoms with Crippen LogP contribution in [0.25, 0.3) is 5.57 Å². The van der Waals surface area contributed by atoms with E-state index in [1.54, 1.807) is 19.3 Å². The van der Waals surface area contributed by atoms with E-state index >= 15 is 0 Å². The molecule has 0 saturated heterocycles. The molecule has 1 aromatic carbocycles. The Bertz CT molecular complexity index is 857. The number of hydrogen-bond acceptors (Lipinski definition) is 3. The number of benzene rings is 1. The van der Waals surface area contributed by atoms with Crippen LogP contribution in [0.2, 0.25) is 0 Å². The Morgan fingerprint density at radius 1 is 1.17 bits per heavy atom. The number of hydrogen-bond donors (Lipinski definition) is 2. The van der Waals surface area contributed by atoms with Crippen LogP contribution in [0, 0.1) is 0 Å². The van der Waals surface area contributed by atoms with Crippen LogP contribution in [0.1, 0.15) is 30.9 Å². The average Bonchev–Trinajstić information content (AvgIpc) is 2.55. The molecule has 5 heteroatoms. The molecule has 1 aliphatic heterocycles. The van der Waals surface area contributed by atoms with Crippen LogP contribution in [-0.2, 0) is 4.79 Å².